The summed E-state index contributed by atoms with van der Waals surface area (Å²) in [5.41, 5.74) is 5.79. The second-order valence-corrected chi connectivity index (χ2v) is 5.80. The van der Waals surface area contributed by atoms with E-state index in [1.807, 2.05) is 32.9 Å². The molecule has 0 saturated carbocycles. The second kappa shape index (κ2) is 7.64. The van der Waals surface area contributed by atoms with E-state index in [4.69, 9.17) is 10.5 Å². The molecule has 0 fully saturated rings. The summed E-state index contributed by atoms with van der Waals surface area (Å²) in [5, 5.41) is 5.94. The maximum atomic E-state index is 11.6. The van der Waals surface area contributed by atoms with Crippen LogP contribution in [0.1, 0.15) is 26.3 Å². The second-order valence-electron chi connectivity index (χ2n) is 5.80. The SMILES string of the molecule is CC(C)(C)NC(=O)CNCc1ccc(OCC(N)=O)cc1. The number of nitrogens with one attached hydrogen (secondary N) is 2. The number of carbonyl (C=O) groups is 2. The van der Waals surface area contributed by atoms with Gasteiger partial charge in [-0.25, -0.2) is 0 Å². The van der Waals surface area contributed by atoms with Crippen molar-refractivity contribution in [3.8, 4) is 5.75 Å². The van der Waals surface area contributed by atoms with Gasteiger partial charge in [0.05, 0.1) is 6.54 Å². The third-order valence-corrected chi connectivity index (χ3v) is 2.43. The van der Waals surface area contributed by atoms with Crippen LogP contribution in [0.2, 0.25) is 0 Å². The number of hydrogen-bond acceptors (Lipinski definition) is 4. The van der Waals surface area contributed by atoms with Crippen LogP contribution in [0.4, 0.5) is 0 Å². The third-order valence-electron chi connectivity index (χ3n) is 2.43. The lowest BCUT2D eigenvalue weighted by atomic mass is 10.1. The largest absolute Gasteiger partial charge is 0.484 e. The van der Waals surface area contributed by atoms with E-state index in [0.29, 0.717) is 12.3 Å². The highest BCUT2D eigenvalue weighted by Crippen LogP contribution is 2.11. The number of carbonyl (C=O) groups excluding carboxylic acids is 2. The van der Waals surface area contributed by atoms with Gasteiger partial charge in [0.15, 0.2) is 6.61 Å². The molecule has 0 unspecified atom stereocenters. The summed E-state index contributed by atoms with van der Waals surface area (Å²) in [6, 6.07) is 7.25. The Morgan fingerprint density at radius 2 is 1.81 bits per heavy atom. The van der Waals surface area contributed by atoms with E-state index < -0.39 is 5.91 Å². The highest BCUT2D eigenvalue weighted by atomic mass is 16.5. The summed E-state index contributed by atoms with van der Waals surface area (Å²) in [6.07, 6.45) is 0. The number of amides is 2. The lowest BCUT2D eigenvalue weighted by Gasteiger charge is -2.20. The third kappa shape index (κ3) is 7.94. The van der Waals surface area contributed by atoms with Crippen LogP contribution in [-0.4, -0.2) is 30.5 Å². The molecule has 1 rings (SSSR count). The van der Waals surface area contributed by atoms with E-state index in [2.05, 4.69) is 10.6 Å². The van der Waals surface area contributed by atoms with E-state index in [0.717, 1.165) is 5.56 Å². The maximum absolute atomic E-state index is 11.6. The first-order valence-electron chi connectivity index (χ1n) is 6.78. The summed E-state index contributed by atoms with van der Waals surface area (Å²) >= 11 is 0. The van der Waals surface area contributed by atoms with Crippen molar-refractivity contribution < 1.29 is 14.3 Å². The smallest absolute Gasteiger partial charge is 0.255 e. The molecular formula is C15H23N3O3. The van der Waals surface area contributed by atoms with E-state index in [9.17, 15) is 9.59 Å². The van der Waals surface area contributed by atoms with Crippen molar-refractivity contribution in [3.05, 3.63) is 29.8 Å². The molecule has 0 saturated heterocycles. The van der Waals surface area contributed by atoms with E-state index in [1.165, 1.54) is 0 Å². The fourth-order valence-electron chi connectivity index (χ4n) is 1.64. The van der Waals surface area contributed by atoms with Gasteiger partial charge in [-0.15, -0.1) is 0 Å². The van der Waals surface area contributed by atoms with Gasteiger partial charge in [0, 0.05) is 12.1 Å². The molecule has 0 heterocycles. The molecule has 1 aromatic carbocycles. The minimum absolute atomic E-state index is 0.0380. The van der Waals surface area contributed by atoms with Gasteiger partial charge in [-0.3, -0.25) is 9.59 Å². The van der Waals surface area contributed by atoms with Crippen molar-refractivity contribution in [2.75, 3.05) is 13.2 Å². The molecule has 1 aromatic rings. The molecule has 6 heteroatoms. The van der Waals surface area contributed by atoms with Crippen LogP contribution < -0.4 is 21.1 Å². The fraction of sp³-hybridized carbons (Fsp3) is 0.467. The first-order chi connectivity index (χ1) is 9.76. The van der Waals surface area contributed by atoms with Gasteiger partial charge < -0.3 is 21.1 Å². The molecule has 0 radical (unpaired) electrons. The predicted octanol–water partition coefficient (Wildman–Crippen LogP) is 0.555. The number of primary amides is 1. The topological polar surface area (TPSA) is 93.4 Å². The fourth-order valence-corrected chi connectivity index (χ4v) is 1.64. The first kappa shape index (κ1) is 17.0. The molecule has 21 heavy (non-hydrogen) atoms. The van der Waals surface area contributed by atoms with Crippen molar-refractivity contribution in [3.63, 3.8) is 0 Å². The van der Waals surface area contributed by atoms with Crippen molar-refractivity contribution in [1.82, 2.24) is 10.6 Å². The average Bonchev–Trinajstić information content (AvgIpc) is 2.35. The zero-order valence-corrected chi connectivity index (χ0v) is 12.7. The summed E-state index contributed by atoms with van der Waals surface area (Å²) in [5.74, 6) is 0.0394. The lowest BCUT2D eigenvalue weighted by molar-refractivity contribution is -0.122. The van der Waals surface area contributed by atoms with E-state index in [-0.39, 0.29) is 24.6 Å². The molecule has 2 amide bonds. The molecule has 0 spiro atoms. The Balaban J connectivity index is 2.33. The Hall–Kier alpha value is -2.08. The number of ether oxygens (including phenoxy) is 1. The highest BCUT2D eigenvalue weighted by molar-refractivity contribution is 5.78. The molecule has 0 aliphatic heterocycles. The summed E-state index contributed by atoms with van der Waals surface area (Å²) in [4.78, 5) is 22.2. The van der Waals surface area contributed by atoms with Crippen molar-refractivity contribution in [1.29, 1.82) is 0 Å². The maximum Gasteiger partial charge on any atom is 0.255 e. The lowest BCUT2D eigenvalue weighted by Crippen LogP contribution is -2.44. The van der Waals surface area contributed by atoms with Crippen LogP contribution in [0, 0.1) is 0 Å². The van der Waals surface area contributed by atoms with Crippen molar-refractivity contribution >= 4 is 11.8 Å². The zero-order valence-electron chi connectivity index (χ0n) is 12.7. The quantitative estimate of drug-likeness (QED) is 0.684. The van der Waals surface area contributed by atoms with Crippen LogP contribution in [0.5, 0.6) is 5.75 Å². The van der Waals surface area contributed by atoms with Crippen LogP contribution in [0.15, 0.2) is 24.3 Å². The number of nitrogens with two attached hydrogens (primary N) is 1. The molecule has 0 aromatic heterocycles. The Morgan fingerprint density at radius 1 is 1.19 bits per heavy atom. The monoisotopic (exact) mass is 293 g/mol. The number of benzene rings is 1. The molecule has 116 valence electrons. The van der Waals surface area contributed by atoms with Gasteiger partial charge in [-0.1, -0.05) is 12.1 Å². The predicted molar refractivity (Wildman–Crippen MR) is 80.7 cm³/mol. The Bertz CT molecular complexity index is 478. The van der Waals surface area contributed by atoms with Crippen LogP contribution >= 0.6 is 0 Å². The molecule has 0 atom stereocenters. The molecule has 4 N–H and O–H groups in total. The number of hydrogen-bond donors (Lipinski definition) is 3. The summed E-state index contributed by atoms with van der Waals surface area (Å²) in [6.45, 7) is 6.52. The Kier molecular flexibility index (Phi) is 6.17. The summed E-state index contributed by atoms with van der Waals surface area (Å²) < 4.78 is 5.16. The van der Waals surface area contributed by atoms with Crippen LogP contribution in [-0.2, 0) is 16.1 Å². The van der Waals surface area contributed by atoms with E-state index >= 15 is 0 Å². The Labute approximate surface area is 125 Å². The molecule has 0 aliphatic rings. The van der Waals surface area contributed by atoms with Gasteiger partial charge >= 0.3 is 0 Å². The normalized spacial score (nSPS) is 11.0. The van der Waals surface area contributed by atoms with Gasteiger partial charge in [-0.2, -0.15) is 0 Å². The molecule has 0 aliphatic carbocycles. The van der Waals surface area contributed by atoms with E-state index in [1.54, 1.807) is 12.1 Å². The van der Waals surface area contributed by atoms with Crippen molar-refractivity contribution in [2.24, 2.45) is 5.73 Å². The van der Waals surface area contributed by atoms with Crippen molar-refractivity contribution in [2.45, 2.75) is 32.9 Å². The standard InChI is InChI=1S/C15H23N3O3/c1-15(2,3)18-14(20)9-17-8-11-4-6-12(7-5-11)21-10-13(16)19/h4-7,17H,8-10H2,1-3H3,(H2,16,19)(H,18,20). The summed E-state index contributed by atoms with van der Waals surface area (Å²) in [7, 11) is 0. The minimum atomic E-state index is -0.509. The Morgan fingerprint density at radius 3 is 2.33 bits per heavy atom. The average molecular weight is 293 g/mol. The molecule has 6 nitrogen and oxygen atoms in total. The van der Waals surface area contributed by atoms with Gasteiger partial charge in [0.2, 0.25) is 5.91 Å². The number of rotatable bonds is 7. The van der Waals surface area contributed by atoms with Gasteiger partial charge in [0.25, 0.3) is 5.91 Å². The van der Waals surface area contributed by atoms with Crippen LogP contribution in [0.25, 0.3) is 0 Å². The van der Waals surface area contributed by atoms with Gasteiger partial charge in [-0.05, 0) is 38.5 Å². The highest BCUT2D eigenvalue weighted by Gasteiger charge is 2.12. The van der Waals surface area contributed by atoms with Gasteiger partial charge in [0.1, 0.15) is 5.75 Å². The molecule has 0 bridgehead atoms. The molecular weight excluding hydrogens is 270 g/mol. The zero-order chi connectivity index (χ0) is 15.9. The minimum Gasteiger partial charge on any atom is -0.484 e. The van der Waals surface area contributed by atoms with Crippen LogP contribution in [0.3, 0.4) is 0 Å². The first-order valence-corrected chi connectivity index (χ1v) is 6.78.